The average molecular weight is 361 g/mol. The van der Waals surface area contributed by atoms with Gasteiger partial charge in [-0.15, -0.1) is 0 Å². The highest BCUT2D eigenvalue weighted by atomic mass is 35.5. The molecule has 0 N–H and O–H groups in total. The quantitative estimate of drug-likeness (QED) is 0.811. The summed E-state index contributed by atoms with van der Waals surface area (Å²) in [6.07, 6.45) is -2.64. The molecule has 2 saturated heterocycles. The second kappa shape index (κ2) is 6.27. The van der Waals surface area contributed by atoms with Crippen molar-refractivity contribution in [3.63, 3.8) is 0 Å². The molecule has 0 saturated carbocycles. The number of alkyl halides is 3. The zero-order valence-corrected chi connectivity index (χ0v) is 13.5. The maximum absolute atomic E-state index is 12.9. The summed E-state index contributed by atoms with van der Waals surface area (Å²) in [4.78, 5) is 27.6. The predicted octanol–water partition coefficient (Wildman–Crippen LogP) is 3.33. The van der Waals surface area contributed by atoms with E-state index in [1.54, 1.807) is 4.90 Å². The van der Waals surface area contributed by atoms with E-state index in [0.717, 1.165) is 31.0 Å². The Morgan fingerprint density at radius 3 is 2.50 bits per heavy atom. The van der Waals surface area contributed by atoms with Crippen LogP contribution in [0.3, 0.4) is 0 Å². The van der Waals surface area contributed by atoms with Gasteiger partial charge in [-0.25, -0.2) is 0 Å². The first-order valence-corrected chi connectivity index (χ1v) is 8.11. The van der Waals surface area contributed by atoms with Crippen molar-refractivity contribution in [1.29, 1.82) is 0 Å². The van der Waals surface area contributed by atoms with Gasteiger partial charge in [-0.3, -0.25) is 9.59 Å². The van der Waals surface area contributed by atoms with E-state index in [1.807, 2.05) is 0 Å². The van der Waals surface area contributed by atoms with Crippen molar-refractivity contribution in [2.45, 2.75) is 25.4 Å². The minimum Gasteiger partial charge on any atom is -0.342 e. The zero-order valence-electron chi connectivity index (χ0n) is 12.8. The van der Waals surface area contributed by atoms with Crippen LogP contribution in [0.4, 0.5) is 18.9 Å². The number of nitrogens with zero attached hydrogens (tertiary/aromatic N) is 2. The third-order valence-electron chi connectivity index (χ3n) is 4.46. The third kappa shape index (κ3) is 3.22. The summed E-state index contributed by atoms with van der Waals surface area (Å²) < 4.78 is 38.7. The van der Waals surface area contributed by atoms with Crippen LogP contribution in [-0.4, -0.2) is 36.3 Å². The molecule has 0 radical (unpaired) electrons. The smallest absolute Gasteiger partial charge is 0.342 e. The van der Waals surface area contributed by atoms with Crippen molar-refractivity contribution in [3.8, 4) is 0 Å². The van der Waals surface area contributed by atoms with Crippen LogP contribution in [0.5, 0.6) is 0 Å². The highest BCUT2D eigenvalue weighted by Gasteiger charge is 2.39. The van der Waals surface area contributed by atoms with E-state index in [0.29, 0.717) is 13.1 Å². The van der Waals surface area contributed by atoms with Gasteiger partial charge in [0, 0.05) is 26.1 Å². The highest BCUT2D eigenvalue weighted by molar-refractivity contribution is 6.34. The fraction of sp³-hybridized carbons (Fsp3) is 0.500. The van der Waals surface area contributed by atoms with Crippen LogP contribution in [0.1, 0.15) is 24.8 Å². The number of amides is 2. The molecule has 130 valence electrons. The summed E-state index contributed by atoms with van der Waals surface area (Å²) in [7, 11) is 0. The molecule has 1 aromatic carbocycles. The molecule has 0 spiro atoms. The third-order valence-corrected chi connectivity index (χ3v) is 4.78. The highest BCUT2D eigenvalue weighted by Crippen LogP contribution is 2.37. The van der Waals surface area contributed by atoms with E-state index in [-0.39, 0.29) is 35.5 Å². The van der Waals surface area contributed by atoms with E-state index >= 15 is 0 Å². The number of hydrogen-bond acceptors (Lipinski definition) is 2. The van der Waals surface area contributed by atoms with Crippen LogP contribution in [0.2, 0.25) is 5.02 Å². The van der Waals surface area contributed by atoms with E-state index in [4.69, 9.17) is 11.6 Å². The molecule has 3 rings (SSSR count). The lowest BCUT2D eigenvalue weighted by Gasteiger charge is -2.22. The van der Waals surface area contributed by atoms with Gasteiger partial charge in [-0.05, 0) is 31.0 Å². The maximum atomic E-state index is 12.9. The Balaban J connectivity index is 1.82. The van der Waals surface area contributed by atoms with Gasteiger partial charge in [0.15, 0.2) is 0 Å². The Morgan fingerprint density at radius 2 is 1.88 bits per heavy atom. The number of hydrogen-bond donors (Lipinski definition) is 0. The Hall–Kier alpha value is -1.76. The first kappa shape index (κ1) is 17.1. The van der Waals surface area contributed by atoms with Crippen molar-refractivity contribution in [1.82, 2.24) is 4.90 Å². The molecular weight excluding hydrogens is 345 g/mol. The molecule has 2 aliphatic rings. The lowest BCUT2D eigenvalue weighted by molar-refractivity contribution is -0.137. The molecule has 0 aliphatic carbocycles. The Labute approximate surface area is 142 Å². The fourth-order valence-electron chi connectivity index (χ4n) is 3.20. The molecule has 1 unspecified atom stereocenters. The molecule has 8 heteroatoms. The van der Waals surface area contributed by atoms with E-state index < -0.39 is 17.7 Å². The molecule has 24 heavy (non-hydrogen) atoms. The van der Waals surface area contributed by atoms with Gasteiger partial charge in [0.05, 0.1) is 22.2 Å². The van der Waals surface area contributed by atoms with Crippen molar-refractivity contribution in [2.75, 3.05) is 24.5 Å². The first-order valence-electron chi connectivity index (χ1n) is 7.73. The molecule has 0 aromatic heterocycles. The number of likely N-dealkylation sites (tertiary alicyclic amines) is 1. The molecule has 4 nitrogen and oxygen atoms in total. The second-order valence-corrected chi connectivity index (χ2v) is 6.51. The SMILES string of the molecule is O=C(C1CC(=O)N(c2cc(C(F)(F)F)ccc2Cl)C1)N1CCCC1. The number of benzene rings is 1. The van der Waals surface area contributed by atoms with Gasteiger partial charge in [-0.2, -0.15) is 13.2 Å². The van der Waals surface area contributed by atoms with Gasteiger partial charge in [-0.1, -0.05) is 11.6 Å². The topological polar surface area (TPSA) is 40.6 Å². The largest absolute Gasteiger partial charge is 0.416 e. The van der Waals surface area contributed by atoms with Crippen molar-refractivity contribution in [3.05, 3.63) is 28.8 Å². The van der Waals surface area contributed by atoms with Crippen molar-refractivity contribution < 1.29 is 22.8 Å². The van der Waals surface area contributed by atoms with Crippen molar-refractivity contribution in [2.24, 2.45) is 5.92 Å². The summed E-state index contributed by atoms with van der Waals surface area (Å²) in [5.74, 6) is -1.01. The molecule has 1 atom stereocenters. The standard InChI is InChI=1S/C16H16ClF3N2O2/c17-12-4-3-11(16(18,19)20)8-13(12)22-9-10(7-14(22)23)15(24)21-5-1-2-6-21/h3-4,8,10H,1-2,5-7,9H2. The molecule has 2 aliphatic heterocycles. The summed E-state index contributed by atoms with van der Waals surface area (Å²) in [5.41, 5.74) is -0.864. The van der Waals surface area contributed by atoms with E-state index in [9.17, 15) is 22.8 Å². The summed E-state index contributed by atoms with van der Waals surface area (Å²) >= 11 is 5.99. The lowest BCUT2D eigenvalue weighted by atomic mass is 10.1. The van der Waals surface area contributed by atoms with Gasteiger partial charge >= 0.3 is 6.18 Å². The van der Waals surface area contributed by atoms with Crippen LogP contribution in [0.25, 0.3) is 0 Å². The predicted molar refractivity (Wildman–Crippen MR) is 82.7 cm³/mol. The summed E-state index contributed by atoms with van der Waals surface area (Å²) in [6, 6.07) is 2.87. The number of halogens is 4. The van der Waals surface area contributed by atoms with Gasteiger partial charge in [0.1, 0.15) is 0 Å². The minimum absolute atomic E-state index is 0.00189. The number of carbonyl (C=O) groups excluding carboxylic acids is 2. The molecule has 2 amide bonds. The number of carbonyl (C=O) groups is 2. The normalized spacial score (nSPS) is 21.7. The Bertz CT molecular complexity index is 672. The van der Waals surface area contributed by atoms with Crippen LogP contribution >= 0.6 is 11.6 Å². The van der Waals surface area contributed by atoms with Crippen LogP contribution in [-0.2, 0) is 15.8 Å². The van der Waals surface area contributed by atoms with Gasteiger partial charge < -0.3 is 9.80 Å². The zero-order chi connectivity index (χ0) is 17.5. The van der Waals surface area contributed by atoms with Gasteiger partial charge in [0.2, 0.25) is 11.8 Å². The van der Waals surface area contributed by atoms with Crippen molar-refractivity contribution >= 4 is 29.1 Å². The molecule has 1 aromatic rings. The molecule has 2 heterocycles. The average Bonchev–Trinajstić information content (AvgIpc) is 3.15. The summed E-state index contributed by atoms with van der Waals surface area (Å²) in [5, 5.41) is 0.0608. The molecule has 2 fully saturated rings. The fourth-order valence-corrected chi connectivity index (χ4v) is 3.42. The van der Waals surface area contributed by atoms with Crippen LogP contribution in [0.15, 0.2) is 18.2 Å². The molecule has 0 bridgehead atoms. The Morgan fingerprint density at radius 1 is 1.21 bits per heavy atom. The maximum Gasteiger partial charge on any atom is 0.416 e. The van der Waals surface area contributed by atoms with Gasteiger partial charge in [0.25, 0.3) is 0 Å². The van der Waals surface area contributed by atoms with E-state index in [1.165, 1.54) is 4.90 Å². The first-order chi connectivity index (χ1) is 11.3. The number of rotatable bonds is 2. The second-order valence-electron chi connectivity index (χ2n) is 6.10. The lowest BCUT2D eigenvalue weighted by Crippen LogP contribution is -2.35. The van der Waals surface area contributed by atoms with Crippen LogP contribution < -0.4 is 4.90 Å². The summed E-state index contributed by atoms with van der Waals surface area (Å²) in [6.45, 7) is 1.41. The minimum atomic E-state index is -4.52. The monoisotopic (exact) mass is 360 g/mol. The molecular formula is C16H16ClF3N2O2. The number of anilines is 1. The Kier molecular flexibility index (Phi) is 4.46. The van der Waals surface area contributed by atoms with Crippen LogP contribution in [0, 0.1) is 5.92 Å². The van der Waals surface area contributed by atoms with E-state index in [2.05, 4.69) is 0 Å².